The lowest BCUT2D eigenvalue weighted by Crippen LogP contribution is -2.30. The number of carbonyl (C=O) groups is 1. The van der Waals surface area contributed by atoms with E-state index in [4.69, 9.17) is 13.9 Å². The summed E-state index contributed by atoms with van der Waals surface area (Å²) in [6.45, 7) is 2.38. The molecule has 0 aliphatic heterocycles. The summed E-state index contributed by atoms with van der Waals surface area (Å²) in [5.41, 5.74) is 1.53. The molecule has 6 nitrogen and oxygen atoms in total. The first-order valence-corrected chi connectivity index (χ1v) is 8.59. The smallest absolute Gasteiger partial charge is 0.295 e. The molecular weight excluding hydrogens is 340 g/mol. The summed E-state index contributed by atoms with van der Waals surface area (Å²) >= 11 is 1.39. The first kappa shape index (κ1) is 17.0. The Morgan fingerprint density at radius 3 is 2.76 bits per heavy atom. The second-order valence-corrected chi connectivity index (χ2v) is 5.94. The van der Waals surface area contributed by atoms with Crippen LogP contribution in [0.25, 0.3) is 11.3 Å². The number of thiazole rings is 1. The van der Waals surface area contributed by atoms with Crippen LogP contribution < -0.4 is 14.4 Å². The number of aromatic nitrogens is 1. The van der Waals surface area contributed by atoms with Crippen LogP contribution in [-0.4, -0.2) is 31.7 Å². The van der Waals surface area contributed by atoms with Crippen LogP contribution in [0.1, 0.15) is 17.5 Å². The highest BCUT2D eigenvalue weighted by Crippen LogP contribution is 2.36. The second kappa shape index (κ2) is 7.40. The molecule has 1 amide bonds. The maximum Gasteiger partial charge on any atom is 0.295 e. The number of amides is 1. The predicted molar refractivity (Wildman–Crippen MR) is 96.7 cm³/mol. The van der Waals surface area contributed by atoms with Crippen molar-refractivity contribution in [3.8, 4) is 22.8 Å². The van der Waals surface area contributed by atoms with Gasteiger partial charge in [0.25, 0.3) is 5.91 Å². The van der Waals surface area contributed by atoms with Crippen molar-refractivity contribution in [2.24, 2.45) is 0 Å². The topological polar surface area (TPSA) is 64.8 Å². The second-order valence-electron chi connectivity index (χ2n) is 5.11. The number of nitrogens with zero attached hydrogens (tertiary/aromatic N) is 2. The number of anilines is 1. The zero-order valence-electron chi connectivity index (χ0n) is 14.2. The van der Waals surface area contributed by atoms with Gasteiger partial charge in [-0.15, -0.1) is 11.3 Å². The minimum absolute atomic E-state index is 0.217. The largest absolute Gasteiger partial charge is 0.497 e. The number of rotatable bonds is 6. The lowest BCUT2D eigenvalue weighted by Gasteiger charge is -2.16. The van der Waals surface area contributed by atoms with Crippen LogP contribution in [-0.2, 0) is 0 Å². The molecule has 7 heteroatoms. The number of benzene rings is 1. The molecule has 3 rings (SSSR count). The number of methoxy groups -OCH3 is 2. The third-order valence-electron chi connectivity index (χ3n) is 3.70. The van der Waals surface area contributed by atoms with Gasteiger partial charge in [-0.2, -0.15) is 0 Å². The molecule has 0 radical (unpaired) electrons. The van der Waals surface area contributed by atoms with Crippen molar-refractivity contribution < 1.29 is 18.7 Å². The summed E-state index contributed by atoms with van der Waals surface area (Å²) in [5, 5.41) is 2.49. The molecule has 0 fully saturated rings. The quantitative estimate of drug-likeness (QED) is 0.664. The normalized spacial score (nSPS) is 10.5. The summed E-state index contributed by atoms with van der Waals surface area (Å²) < 4.78 is 15.9. The van der Waals surface area contributed by atoms with Crippen LogP contribution >= 0.6 is 11.3 Å². The van der Waals surface area contributed by atoms with Crippen LogP contribution in [0, 0.1) is 0 Å². The van der Waals surface area contributed by atoms with Gasteiger partial charge in [-0.3, -0.25) is 9.69 Å². The van der Waals surface area contributed by atoms with Crippen molar-refractivity contribution in [1.29, 1.82) is 0 Å². The number of carbonyl (C=O) groups excluding carboxylic acids is 1. The van der Waals surface area contributed by atoms with Gasteiger partial charge in [-0.1, -0.05) is 0 Å². The van der Waals surface area contributed by atoms with Gasteiger partial charge in [0.2, 0.25) is 0 Å². The third-order valence-corrected chi connectivity index (χ3v) is 4.56. The molecule has 0 aliphatic rings. The first-order chi connectivity index (χ1) is 12.2. The molecular formula is C18H18N2O4S. The van der Waals surface area contributed by atoms with E-state index in [0.29, 0.717) is 23.2 Å². The summed E-state index contributed by atoms with van der Waals surface area (Å²) in [6.07, 6.45) is 1.48. The van der Waals surface area contributed by atoms with E-state index in [2.05, 4.69) is 4.98 Å². The highest BCUT2D eigenvalue weighted by Gasteiger charge is 2.22. The van der Waals surface area contributed by atoms with E-state index >= 15 is 0 Å². The van der Waals surface area contributed by atoms with E-state index in [1.165, 1.54) is 17.6 Å². The highest BCUT2D eigenvalue weighted by molar-refractivity contribution is 7.14. The predicted octanol–water partition coefficient (Wildman–Crippen LogP) is 4.09. The van der Waals surface area contributed by atoms with Gasteiger partial charge < -0.3 is 13.9 Å². The van der Waals surface area contributed by atoms with Gasteiger partial charge in [-0.05, 0) is 37.3 Å². The zero-order chi connectivity index (χ0) is 17.8. The Balaban J connectivity index is 1.95. The number of ether oxygens (including phenoxy) is 2. The van der Waals surface area contributed by atoms with E-state index < -0.39 is 0 Å². The van der Waals surface area contributed by atoms with Gasteiger partial charge >= 0.3 is 0 Å². The Labute approximate surface area is 149 Å². The summed E-state index contributed by atoms with van der Waals surface area (Å²) in [4.78, 5) is 18.8. The monoisotopic (exact) mass is 358 g/mol. The number of hydrogen-bond acceptors (Lipinski definition) is 6. The molecule has 2 heterocycles. The van der Waals surface area contributed by atoms with Gasteiger partial charge in [-0.25, -0.2) is 4.98 Å². The van der Waals surface area contributed by atoms with Crippen molar-refractivity contribution in [2.45, 2.75) is 6.92 Å². The molecule has 2 aromatic heterocycles. The van der Waals surface area contributed by atoms with Crippen molar-refractivity contribution in [1.82, 2.24) is 4.98 Å². The lowest BCUT2D eigenvalue weighted by atomic mass is 10.1. The Bertz CT molecular complexity index is 858. The van der Waals surface area contributed by atoms with Gasteiger partial charge in [0.05, 0.1) is 26.2 Å². The lowest BCUT2D eigenvalue weighted by molar-refractivity contribution is 0.0961. The molecule has 0 saturated heterocycles. The van der Waals surface area contributed by atoms with Gasteiger partial charge in [0, 0.05) is 17.5 Å². The molecule has 0 spiro atoms. The summed E-state index contributed by atoms with van der Waals surface area (Å²) in [7, 11) is 3.22. The Hall–Kier alpha value is -2.80. The van der Waals surface area contributed by atoms with Crippen LogP contribution in [0.15, 0.2) is 46.4 Å². The van der Waals surface area contributed by atoms with Crippen molar-refractivity contribution in [2.75, 3.05) is 25.7 Å². The first-order valence-electron chi connectivity index (χ1n) is 7.71. The fourth-order valence-electron chi connectivity index (χ4n) is 2.43. The Kier molecular flexibility index (Phi) is 5.04. The SMILES string of the molecule is CCN(C(=O)c1ccco1)c1nc(-c2cc(OC)ccc2OC)cs1. The van der Waals surface area contributed by atoms with E-state index in [9.17, 15) is 4.79 Å². The average molecular weight is 358 g/mol. The van der Waals surface area contributed by atoms with Crippen molar-refractivity contribution >= 4 is 22.4 Å². The molecule has 0 saturated carbocycles. The van der Waals surface area contributed by atoms with E-state index in [1.54, 1.807) is 31.3 Å². The fourth-order valence-corrected chi connectivity index (χ4v) is 3.31. The Morgan fingerprint density at radius 1 is 1.28 bits per heavy atom. The Morgan fingerprint density at radius 2 is 2.12 bits per heavy atom. The standard InChI is InChI=1S/C18H18N2O4S/c1-4-20(17(21)16-6-5-9-24-16)18-19-14(11-25-18)13-10-12(22-2)7-8-15(13)23-3/h5-11H,4H2,1-3H3. The minimum atomic E-state index is -0.217. The summed E-state index contributed by atoms with van der Waals surface area (Å²) in [6, 6.07) is 8.86. The molecule has 0 aliphatic carbocycles. The molecule has 130 valence electrons. The van der Waals surface area contributed by atoms with E-state index in [1.807, 2.05) is 30.5 Å². The highest BCUT2D eigenvalue weighted by atomic mass is 32.1. The average Bonchev–Trinajstić information content (AvgIpc) is 3.34. The van der Waals surface area contributed by atoms with Crippen LogP contribution in [0.4, 0.5) is 5.13 Å². The van der Waals surface area contributed by atoms with Gasteiger partial charge in [0.1, 0.15) is 11.5 Å². The summed E-state index contributed by atoms with van der Waals surface area (Å²) in [5.74, 6) is 1.48. The van der Waals surface area contributed by atoms with Crippen LogP contribution in [0.2, 0.25) is 0 Å². The maximum absolute atomic E-state index is 12.6. The van der Waals surface area contributed by atoms with Crippen LogP contribution in [0.3, 0.4) is 0 Å². The number of furan rings is 1. The molecule has 0 atom stereocenters. The fraction of sp³-hybridized carbons (Fsp3) is 0.222. The van der Waals surface area contributed by atoms with E-state index in [-0.39, 0.29) is 11.7 Å². The molecule has 0 N–H and O–H groups in total. The van der Waals surface area contributed by atoms with Crippen molar-refractivity contribution in [3.05, 3.63) is 47.7 Å². The zero-order valence-corrected chi connectivity index (χ0v) is 15.0. The molecule has 0 bridgehead atoms. The third kappa shape index (κ3) is 3.36. The van der Waals surface area contributed by atoms with E-state index in [0.717, 1.165) is 11.3 Å². The molecule has 25 heavy (non-hydrogen) atoms. The number of hydrogen-bond donors (Lipinski definition) is 0. The molecule has 0 unspecified atom stereocenters. The van der Waals surface area contributed by atoms with Gasteiger partial charge in [0.15, 0.2) is 10.9 Å². The maximum atomic E-state index is 12.6. The minimum Gasteiger partial charge on any atom is -0.497 e. The van der Waals surface area contributed by atoms with Crippen molar-refractivity contribution in [3.63, 3.8) is 0 Å². The molecule has 3 aromatic rings. The van der Waals surface area contributed by atoms with Crippen LogP contribution in [0.5, 0.6) is 11.5 Å². The molecule has 1 aromatic carbocycles.